The standard InChI is InChI=1S/C17H27FN2/c1-12-9-13(2)14(16(10-12)19-3)11-20(4)17-8-6-5-7-15(17)18/h5-8,12-14,16,19H,9-11H2,1-4H3. The van der Waals surface area contributed by atoms with E-state index in [4.69, 9.17) is 0 Å². The Morgan fingerprint density at radius 2 is 1.95 bits per heavy atom. The lowest BCUT2D eigenvalue weighted by Crippen LogP contribution is -2.47. The molecule has 0 saturated heterocycles. The molecule has 2 nitrogen and oxygen atoms in total. The second-order valence-electron chi connectivity index (χ2n) is 6.44. The van der Waals surface area contributed by atoms with Crippen LogP contribution >= 0.6 is 0 Å². The van der Waals surface area contributed by atoms with Gasteiger partial charge in [-0.3, -0.25) is 0 Å². The first kappa shape index (κ1) is 15.3. The number of hydrogen-bond acceptors (Lipinski definition) is 2. The molecule has 0 bridgehead atoms. The number of nitrogens with zero attached hydrogens (tertiary/aromatic N) is 1. The van der Waals surface area contributed by atoms with Crippen molar-refractivity contribution < 1.29 is 4.39 Å². The van der Waals surface area contributed by atoms with Crippen LogP contribution < -0.4 is 10.2 Å². The molecule has 1 aromatic rings. The number of hydrogen-bond donors (Lipinski definition) is 1. The minimum Gasteiger partial charge on any atom is -0.372 e. The summed E-state index contributed by atoms with van der Waals surface area (Å²) in [4.78, 5) is 2.07. The maximum Gasteiger partial charge on any atom is 0.146 e. The highest BCUT2D eigenvalue weighted by Gasteiger charge is 2.33. The Balaban J connectivity index is 2.09. The zero-order chi connectivity index (χ0) is 14.7. The van der Waals surface area contributed by atoms with Crippen LogP contribution in [0, 0.1) is 23.6 Å². The first-order valence-corrected chi connectivity index (χ1v) is 7.65. The molecule has 2 rings (SSSR count). The Bertz CT molecular complexity index is 435. The van der Waals surface area contributed by atoms with E-state index in [0.717, 1.165) is 12.5 Å². The van der Waals surface area contributed by atoms with Gasteiger partial charge < -0.3 is 10.2 Å². The number of halogens is 1. The first-order chi connectivity index (χ1) is 9.52. The first-order valence-electron chi connectivity index (χ1n) is 7.65. The monoisotopic (exact) mass is 278 g/mol. The van der Waals surface area contributed by atoms with E-state index in [0.29, 0.717) is 23.6 Å². The van der Waals surface area contributed by atoms with Crippen molar-refractivity contribution in [2.45, 2.75) is 32.7 Å². The summed E-state index contributed by atoms with van der Waals surface area (Å²) < 4.78 is 13.9. The lowest BCUT2D eigenvalue weighted by atomic mass is 9.72. The van der Waals surface area contributed by atoms with Crippen LogP contribution in [0.15, 0.2) is 24.3 Å². The number of benzene rings is 1. The Hall–Kier alpha value is -1.09. The number of rotatable bonds is 4. The van der Waals surface area contributed by atoms with Gasteiger partial charge in [-0.25, -0.2) is 4.39 Å². The molecule has 112 valence electrons. The van der Waals surface area contributed by atoms with Gasteiger partial charge in [-0.2, -0.15) is 0 Å². The number of para-hydroxylation sites is 1. The van der Waals surface area contributed by atoms with Crippen LogP contribution in [0.5, 0.6) is 0 Å². The molecule has 0 aromatic heterocycles. The minimum absolute atomic E-state index is 0.132. The zero-order valence-electron chi connectivity index (χ0n) is 13.1. The number of anilines is 1. The summed E-state index contributed by atoms with van der Waals surface area (Å²) in [5.41, 5.74) is 0.702. The fraction of sp³-hybridized carbons (Fsp3) is 0.647. The van der Waals surface area contributed by atoms with Gasteiger partial charge in [-0.1, -0.05) is 26.0 Å². The Labute approximate surface area is 122 Å². The summed E-state index contributed by atoms with van der Waals surface area (Å²) >= 11 is 0. The van der Waals surface area contributed by atoms with Crippen molar-refractivity contribution in [2.75, 3.05) is 25.5 Å². The van der Waals surface area contributed by atoms with Crippen molar-refractivity contribution in [1.29, 1.82) is 0 Å². The molecule has 1 aliphatic carbocycles. The van der Waals surface area contributed by atoms with Crippen LogP contribution in [0.4, 0.5) is 10.1 Å². The van der Waals surface area contributed by atoms with Crippen LogP contribution in [-0.2, 0) is 0 Å². The molecule has 0 amide bonds. The molecule has 0 heterocycles. The summed E-state index contributed by atoms with van der Waals surface area (Å²) in [5.74, 6) is 1.89. The molecule has 20 heavy (non-hydrogen) atoms. The Morgan fingerprint density at radius 1 is 1.25 bits per heavy atom. The maximum absolute atomic E-state index is 13.9. The van der Waals surface area contributed by atoms with E-state index < -0.39 is 0 Å². The average molecular weight is 278 g/mol. The van der Waals surface area contributed by atoms with Crippen molar-refractivity contribution in [3.63, 3.8) is 0 Å². The third-order valence-electron chi connectivity index (χ3n) is 4.80. The molecule has 1 saturated carbocycles. The Morgan fingerprint density at radius 3 is 2.60 bits per heavy atom. The zero-order valence-corrected chi connectivity index (χ0v) is 13.1. The Kier molecular flexibility index (Phi) is 5.03. The average Bonchev–Trinajstić information content (AvgIpc) is 2.41. The predicted octanol–water partition coefficient (Wildman–Crippen LogP) is 3.53. The fourth-order valence-corrected chi connectivity index (χ4v) is 3.73. The molecule has 4 atom stereocenters. The molecule has 1 aliphatic rings. The largest absolute Gasteiger partial charge is 0.372 e. The second kappa shape index (κ2) is 6.57. The molecule has 1 fully saturated rings. The fourth-order valence-electron chi connectivity index (χ4n) is 3.73. The normalized spacial score (nSPS) is 30.2. The topological polar surface area (TPSA) is 15.3 Å². The number of nitrogens with one attached hydrogen (secondary N) is 1. The highest BCUT2D eigenvalue weighted by atomic mass is 19.1. The summed E-state index contributed by atoms with van der Waals surface area (Å²) in [5, 5.41) is 3.47. The molecular weight excluding hydrogens is 251 g/mol. The lowest BCUT2D eigenvalue weighted by molar-refractivity contribution is 0.158. The highest BCUT2D eigenvalue weighted by molar-refractivity contribution is 5.46. The lowest BCUT2D eigenvalue weighted by Gasteiger charge is -2.41. The summed E-state index contributed by atoms with van der Waals surface area (Å²) in [6.45, 7) is 5.57. The third-order valence-corrected chi connectivity index (χ3v) is 4.80. The van der Waals surface area contributed by atoms with Gasteiger partial charge in [0.05, 0.1) is 5.69 Å². The van der Waals surface area contributed by atoms with Crippen LogP contribution in [0.1, 0.15) is 26.7 Å². The van der Waals surface area contributed by atoms with Gasteiger partial charge in [0.15, 0.2) is 0 Å². The smallest absolute Gasteiger partial charge is 0.146 e. The molecule has 4 unspecified atom stereocenters. The van der Waals surface area contributed by atoms with Crippen LogP contribution in [-0.4, -0.2) is 26.7 Å². The maximum atomic E-state index is 13.9. The molecule has 0 radical (unpaired) electrons. The van der Waals surface area contributed by atoms with Gasteiger partial charge in [-0.05, 0) is 49.8 Å². The quantitative estimate of drug-likeness (QED) is 0.906. The van der Waals surface area contributed by atoms with Gasteiger partial charge in [-0.15, -0.1) is 0 Å². The molecule has 1 N–H and O–H groups in total. The van der Waals surface area contributed by atoms with Crippen molar-refractivity contribution in [3.05, 3.63) is 30.1 Å². The molecule has 0 spiro atoms. The van der Waals surface area contributed by atoms with E-state index in [1.807, 2.05) is 26.2 Å². The SMILES string of the molecule is CNC1CC(C)CC(C)C1CN(C)c1ccccc1F. The van der Waals surface area contributed by atoms with E-state index in [2.05, 4.69) is 24.1 Å². The van der Waals surface area contributed by atoms with Crippen LogP contribution in [0.25, 0.3) is 0 Å². The summed E-state index contributed by atoms with van der Waals surface area (Å²) in [6, 6.07) is 7.57. The van der Waals surface area contributed by atoms with Gasteiger partial charge in [0.1, 0.15) is 5.82 Å². The van der Waals surface area contributed by atoms with E-state index in [9.17, 15) is 4.39 Å². The summed E-state index contributed by atoms with van der Waals surface area (Å²) in [7, 11) is 4.04. The molecule has 1 aromatic carbocycles. The second-order valence-corrected chi connectivity index (χ2v) is 6.44. The predicted molar refractivity (Wildman–Crippen MR) is 83.6 cm³/mol. The van der Waals surface area contributed by atoms with Crippen molar-refractivity contribution in [1.82, 2.24) is 5.32 Å². The van der Waals surface area contributed by atoms with Gasteiger partial charge in [0, 0.05) is 19.6 Å². The molecule has 3 heteroatoms. The van der Waals surface area contributed by atoms with Crippen molar-refractivity contribution in [2.24, 2.45) is 17.8 Å². The van der Waals surface area contributed by atoms with E-state index in [-0.39, 0.29) is 5.82 Å². The summed E-state index contributed by atoms with van der Waals surface area (Å²) in [6.07, 6.45) is 2.49. The van der Waals surface area contributed by atoms with Crippen molar-refractivity contribution >= 4 is 5.69 Å². The van der Waals surface area contributed by atoms with E-state index in [1.54, 1.807) is 6.07 Å². The van der Waals surface area contributed by atoms with Crippen molar-refractivity contribution in [3.8, 4) is 0 Å². The third kappa shape index (κ3) is 3.32. The minimum atomic E-state index is -0.132. The van der Waals surface area contributed by atoms with E-state index >= 15 is 0 Å². The van der Waals surface area contributed by atoms with E-state index in [1.165, 1.54) is 18.9 Å². The van der Waals surface area contributed by atoms with Crippen LogP contribution in [0.3, 0.4) is 0 Å². The molecular formula is C17H27FN2. The van der Waals surface area contributed by atoms with Gasteiger partial charge in [0.2, 0.25) is 0 Å². The highest BCUT2D eigenvalue weighted by Crippen LogP contribution is 2.35. The van der Waals surface area contributed by atoms with Gasteiger partial charge in [0.25, 0.3) is 0 Å². The van der Waals surface area contributed by atoms with Crippen LogP contribution in [0.2, 0.25) is 0 Å². The van der Waals surface area contributed by atoms with Gasteiger partial charge >= 0.3 is 0 Å². The molecule has 0 aliphatic heterocycles.